The molecule has 1 heterocycles. The summed E-state index contributed by atoms with van der Waals surface area (Å²) in [6, 6.07) is 10.0. The van der Waals surface area contributed by atoms with E-state index in [1.54, 1.807) is 25.4 Å². The number of ether oxygens (including phenoxy) is 1. The van der Waals surface area contributed by atoms with Crippen LogP contribution in [0.1, 0.15) is 23.5 Å². The molecule has 1 unspecified atom stereocenters. The van der Waals surface area contributed by atoms with Crippen LogP contribution < -0.4 is 9.64 Å². The Morgan fingerprint density at radius 2 is 2.11 bits per heavy atom. The van der Waals surface area contributed by atoms with Gasteiger partial charge in [-0.3, -0.25) is 0 Å². The van der Waals surface area contributed by atoms with Gasteiger partial charge in [0, 0.05) is 23.2 Å². The fourth-order valence-corrected chi connectivity index (χ4v) is 2.94. The molecular formula is C15H19NO2S. The molecule has 1 N–H and O–H groups in total. The van der Waals surface area contributed by atoms with Gasteiger partial charge in [-0.25, -0.2) is 0 Å². The third-order valence-corrected chi connectivity index (χ3v) is 3.93. The van der Waals surface area contributed by atoms with Crippen LogP contribution in [-0.4, -0.2) is 19.3 Å². The van der Waals surface area contributed by atoms with Gasteiger partial charge in [0.1, 0.15) is 5.75 Å². The first-order valence-electron chi connectivity index (χ1n) is 6.22. The zero-order valence-corrected chi connectivity index (χ0v) is 12.3. The minimum absolute atomic E-state index is 0.558. The van der Waals surface area contributed by atoms with E-state index in [4.69, 9.17) is 4.74 Å². The van der Waals surface area contributed by atoms with E-state index in [2.05, 4.69) is 22.4 Å². The summed E-state index contributed by atoms with van der Waals surface area (Å²) < 4.78 is 5.35. The zero-order valence-electron chi connectivity index (χ0n) is 11.5. The van der Waals surface area contributed by atoms with Crippen LogP contribution in [0.3, 0.4) is 0 Å². The maximum absolute atomic E-state index is 9.99. The number of hydrogen-bond acceptors (Lipinski definition) is 4. The van der Waals surface area contributed by atoms with Gasteiger partial charge >= 0.3 is 0 Å². The molecule has 3 nitrogen and oxygen atoms in total. The number of aliphatic hydroxyl groups is 1. The largest absolute Gasteiger partial charge is 0.496 e. The average Bonchev–Trinajstić information content (AvgIpc) is 2.90. The van der Waals surface area contributed by atoms with Gasteiger partial charge in [0.25, 0.3) is 0 Å². The molecule has 0 amide bonds. The molecule has 2 rings (SSSR count). The summed E-state index contributed by atoms with van der Waals surface area (Å²) >= 11 is 1.73. The Labute approximate surface area is 118 Å². The van der Waals surface area contributed by atoms with E-state index < -0.39 is 6.10 Å². The minimum atomic E-state index is -0.558. The molecule has 0 fully saturated rings. The van der Waals surface area contributed by atoms with Crippen LogP contribution in [0.2, 0.25) is 0 Å². The van der Waals surface area contributed by atoms with E-state index in [0.29, 0.717) is 0 Å². The summed E-state index contributed by atoms with van der Waals surface area (Å²) in [5.41, 5.74) is 1.84. The summed E-state index contributed by atoms with van der Waals surface area (Å²) in [5.74, 6) is 0.727. The van der Waals surface area contributed by atoms with Crippen LogP contribution >= 0.6 is 11.3 Å². The molecule has 4 heteroatoms. The van der Waals surface area contributed by atoms with Gasteiger partial charge in [-0.2, -0.15) is 0 Å². The second-order valence-corrected chi connectivity index (χ2v) is 5.54. The molecule has 0 aliphatic rings. The predicted molar refractivity (Wildman–Crippen MR) is 80.1 cm³/mol. The lowest BCUT2D eigenvalue weighted by atomic mass is 10.1. The molecular weight excluding hydrogens is 258 g/mol. The van der Waals surface area contributed by atoms with Crippen LogP contribution in [-0.2, 0) is 6.54 Å². The highest BCUT2D eigenvalue weighted by Gasteiger charge is 2.17. The van der Waals surface area contributed by atoms with E-state index in [0.717, 1.165) is 23.5 Å². The Kier molecular flexibility index (Phi) is 4.45. The number of nitrogens with zero attached hydrogens (tertiary/aromatic N) is 1. The van der Waals surface area contributed by atoms with E-state index in [9.17, 15) is 5.11 Å². The third kappa shape index (κ3) is 3.08. The van der Waals surface area contributed by atoms with Gasteiger partial charge in [-0.15, -0.1) is 11.3 Å². The first-order chi connectivity index (χ1) is 9.13. The summed E-state index contributed by atoms with van der Waals surface area (Å²) in [6.07, 6.45) is -0.558. The molecule has 1 aromatic heterocycles. The molecule has 0 radical (unpaired) electrons. The second kappa shape index (κ2) is 6.08. The third-order valence-electron chi connectivity index (χ3n) is 3.07. The number of methoxy groups -OCH3 is 1. The van der Waals surface area contributed by atoms with E-state index in [-0.39, 0.29) is 0 Å². The van der Waals surface area contributed by atoms with E-state index in [1.807, 2.05) is 25.2 Å². The van der Waals surface area contributed by atoms with Crippen molar-refractivity contribution in [3.63, 3.8) is 0 Å². The molecule has 102 valence electrons. The summed E-state index contributed by atoms with van der Waals surface area (Å²) in [6.45, 7) is 2.59. The Balaban J connectivity index is 2.32. The predicted octanol–water partition coefficient (Wildman–Crippen LogP) is 3.45. The molecule has 0 bridgehead atoms. The number of benzene rings is 1. The van der Waals surface area contributed by atoms with Crippen LogP contribution in [0.15, 0.2) is 35.7 Å². The van der Waals surface area contributed by atoms with Crippen molar-refractivity contribution in [2.75, 3.05) is 19.1 Å². The standard InChI is InChI=1S/C15H19NO2S/c1-11(17)15-13(7-4-8-14(15)18-3)16(2)10-12-6-5-9-19-12/h4-9,11,17H,10H2,1-3H3. The summed E-state index contributed by atoms with van der Waals surface area (Å²) in [5, 5.41) is 12.1. The summed E-state index contributed by atoms with van der Waals surface area (Å²) in [4.78, 5) is 3.43. The number of aliphatic hydroxyl groups excluding tert-OH is 1. The van der Waals surface area contributed by atoms with Gasteiger partial charge < -0.3 is 14.7 Å². The monoisotopic (exact) mass is 277 g/mol. The smallest absolute Gasteiger partial charge is 0.126 e. The van der Waals surface area contributed by atoms with E-state index >= 15 is 0 Å². The minimum Gasteiger partial charge on any atom is -0.496 e. The quantitative estimate of drug-likeness (QED) is 0.908. The molecule has 19 heavy (non-hydrogen) atoms. The number of thiophene rings is 1. The van der Waals surface area contributed by atoms with Gasteiger partial charge in [-0.05, 0) is 30.5 Å². The number of rotatable bonds is 5. The highest BCUT2D eigenvalue weighted by molar-refractivity contribution is 7.09. The van der Waals surface area contributed by atoms with E-state index in [1.165, 1.54) is 4.88 Å². The SMILES string of the molecule is COc1cccc(N(C)Cc2cccs2)c1C(C)O. The van der Waals surface area contributed by atoms with Crippen molar-refractivity contribution in [1.82, 2.24) is 0 Å². The van der Waals surface area contributed by atoms with Crippen molar-refractivity contribution in [3.05, 3.63) is 46.2 Å². The Bertz CT molecular complexity index is 523. The zero-order chi connectivity index (χ0) is 13.8. The van der Waals surface area contributed by atoms with Gasteiger partial charge in [0.15, 0.2) is 0 Å². The van der Waals surface area contributed by atoms with Crippen molar-refractivity contribution in [2.45, 2.75) is 19.6 Å². The first kappa shape index (κ1) is 13.9. The average molecular weight is 277 g/mol. The fraction of sp³-hybridized carbons (Fsp3) is 0.333. The van der Waals surface area contributed by atoms with Crippen molar-refractivity contribution < 1.29 is 9.84 Å². The normalized spacial score (nSPS) is 12.2. The first-order valence-corrected chi connectivity index (χ1v) is 7.10. The molecule has 2 aromatic rings. The van der Waals surface area contributed by atoms with Crippen molar-refractivity contribution >= 4 is 17.0 Å². The molecule has 0 aliphatic heterocycles. The Morgan fingerprint density at radius 3 is 2.68 bits per heavy atom. The molecule has 0 saturated carbocycles. The fourth-order valence-electron chi connectivity index (χ4n) is 2.18. The lowest BCUT2D eigenvalue weighted by molar-refractivity contribution is 0.194. The van der Waals surface area contributed by atoms with Crippen molar-refractivity contribution in [2.24, 2.45) is 0 Å². The van der Waals surface area contributed by atoms with Crippen LogP contribution in [0.25, 0.3) is 0 Å². The van der Waals surface area contributed by atoms with Crippen molar-refractivity contribution in [1.29, 1.82) is 0 Å². The maximum atomic E-state index is 9.99. The second-order valence-electron chi connectivity index (χ2n) is 4.50. The lowest BCUT2D eigenvalue weighted by Crippen LogP contribution is -2.18. The van der Waals surface area contributed by atoms with Crippen molar-refractivity contribution in [3.8, 4) is 5.75 Å². The van der Waals surface area contributed by atoms with Crippen LogP contribution in [0.5, 0.6) is 5.75 Å². The van der Waals surface area contributed by atoms with Crippen LogP contribution in [0.4, 0.5) is 5.69 Å². The maximum Gasteiger partial charge on any atom is 0.126 e. The molecule has 1 atom stereocenters. The highest BCUT2D eigenvalue weighted by Crippen LogP contribution is 2.34. The number of anilines is 1. The van der Waals surface area contributed by atoms with Gasteiger partial charge in [0.2, 0.25) is 0 Å². The molecule has 0 spiro atoms. The van der Waals surface area contributed by atoms with Gasteiger partial charge in [0.05, 0.1) is 19.8 Å². The number of hydrogen-bond donors (Lipinski definition) is 1. The Hall–Kier alpha value is -1.52. The van der Waals surface area contributed by atoms with Gasteiger partial charge in [-0.1, -0.05) is 12.1 Å². The summed E-state index contributed by atoms with van der Waals surface area (Å²) in [7, 11) is 3.66. The topological polar surface area (TPSA) is 32.7 Å². The molecule has 0 saturated heterocycles. The Morgan fingerprint density at radius 1 is 1.32 bits per heavy atom. The lowest BCUT2D eigenvalue weighted by Gasteiger charge is -2.24. The molecule has 1 aromatic carbocycles. The van der Waals surface area contributed by atoms with Crippen LogP contribution in [0, 0.1) is 0 Å². The highest BCUT2D eigenvalue weighted by atomic mass is 32.1. The molecule has 0 aliphatic carbocycles.